The minimum Gasteiger partial charge on any atom is -0.355 e. The molecule has 0 aliphatic rings. The van der Waals surface area contributed by atoms with Crippen LogP contribution in [0, 0.1) is 0 Å². The van der Waals surface area contributed by atoms with E-state index >= 15 is 0 Å². The fourth-order valence-corrected chi connectivity index (χ4v) is 1.18. The number of nitrogens with zero attached hydrogens (tertiary/aromatic N) is 2. The van der Waals surface area contributed by atoms with Crippen molar-refractivity contribution in [3.63, 3.8) is 0 Å². The first kappa shape index (κ1) is 13.0. The Morgan fingerprint density at radius 2 is 2.12 bits per heavy atom. The van der Waals surface area contributed by atoms with Gasteiger partial charge in [-0.2, -0.15) is 0 Å². The van der Waals surface area contributed by atoms with Crippen LogP contribution in [0.15, 0.2) is 18.3 Å². The molecule has 0 fully saturated rings. The third-order valence-electron chi connectivity index (χ3n) is 2.13. The predicted octanol–water partition coefficient (Wildman–Crippen LogP) is 0.212. The lowest BCUT2D eigenvalue weighted by Crippen LogP contribution is -2.34. The quantitative estimate of drug-likeness (QED) is 0.788. The fraction of sp³-hybridized carbons (Fsp3) is 0.364. The summed E-state index contributed by atoms with van der Waals surface area (Å²) in [6, 6.07) is 3.07. The molecule has 0 aliphatic carbocycles. The molecular weight excluding hydrogens is 220 g/mol. The first-order valence-electron chi connectivity index (χ1n) is 5.16. The van der Waals surface area contributed by atoms with E-state index in [0.29, 0.717) is 17.8 Å². The highest BCUT2D eigenvalue weighted by Crippen LogP contribution is 2.01. The van der Waals surface area contributed by atoms with Gasteiger partial charge in [-0.05, 0) is 12.1 Å². The maximum absolute atomic E-state index is 11.4. The SMILES string of the molecule is CNC(=O)c1ccnc(CNC(=O)N(C)C)c1. The first-order valence-corrected chi connectivity index (χ1v) is 5.16. The van der Waals surface area contributed by atoms with E-state index in [1.54, 1.807) is 39.5 Å². The van der Waals surface area contributed by atoms with Crippen molar-refractivity contribution in [1.29, 1.82) is 0 Å². The average molecular weight is 236 g/mol. The van der Waals surface area contributed by atoms with Gasteiger partial charge >= 0.3 is 6.03 Å². The van der Waals surface area contributed by atoms with Gasteiger partial charge in [-0.3, -0.25) is 9.78 Å². The number of carbonyl (C=O) groups excluding carboxylic acids is 2. The van der Waals surface area contributed by atoms with E-state index < -0.39 is 0 Å². The maximum Gasteiger partial charge on any atom is 0.317 e. The second kappa shape index (κ2) is 5.83. The van der Waals surface area contributed by atoms with Crippen molar-refractivity contribution in [2.24, 2.45) is 0 Å². The van der Waals surface area contributed by atoms with Crippen LogP contribution >= 0.6 is 0 Å². The monoisotopic (exact) mass is 236 g/mol. The zero-order chi connectivity index (χ0) is 12.8. The van der Waals surface area contributed by atoms with Crippen molar-refractivity contribution in [2.45, 2.75) is 6.54 Å². The maximum atomic E-state index is 11.4. The van der Waals surface area contributed by atoms with Gasteiger partial charge in [0.25, 0.3) is 5.91 Å². The van der Waals surface area contributed by atoms with Gasteiger partial charge in [0.05, 0.1) is 12.2 Å². The van der Waals surface area contributed by atoms with Crippen molar-refractivity contribution in [3.05, 3.63) is 29.6 Å². The highest BCUT2D eigenvalue weighted by Gasteiger charge is 2.06. The first-order chi connectivity index (χ1) is 8.04. The van der Waals surface area contributed by atoms with Crippen LogP contribution < -0.4 is 10.6 Å². The molecule has 92 valence electrons. The molecule has 6 nitrogen and oxygen atoms in total. The third-order valence-corrected chi connectivity index (χ3v) is 2.13. The van der Waals surface area contributed by atoms with Crippen LogP contribution in [0.2, 0.25) is 0 Å². The summed E-state index contributed by atoms with van der Waals surface area (Å²) >= 11 is 0. The molecule has 0 aromatic carbocycles. The molecule has 1 heterocycles. The number of hydrogen-bond acceptors (Lipinski definition) is 3. The lowest BCUT2D eigenvalue weighted by atomic mass is 10.2. The summed E-state index contributed by atoms with van der Waals surface area (Å²) in [5.74, 6) is -0.174. The Kier molecular flexibility index (Phi) is 4.45. The highest BCUT2D eigenvalue weighted by molar-refractivity contribution is 5.93. The van der Waals surface area contributed by atoms with Gasteiger partial charge in [-0.25, -0.2) is 4.79 Å². The van der Waals surface area contributed by atoms with E-state index in [0.717, 1.165) is 0 Å². The number of nitrogens with one attached hydrogen (secondary N) is 2. The molecule has 0 atom stereocenters. The predicted molar refractivity (Wildman–Crippen MR) is 63.5 cm³/mol. The average Bonchev–Trinajstić information content (AvgIpc) is 2.35. The van der Waals surface area contributed by atoms with E-state index in [1.165, 1.54) is 4.90 Å². The van der Waals surface area contributed by atoms with Crippen molar-refractivity contribution < 1.29 is 9.59 Å². The van der Waals surface area contributed by atoms with Crippen molar-refractivity contribution in [1.82, 2.24) is 20.5 Å². The van der Waals surface area contributed by atoms with E-state index in [1.807, 2.05) is 0 Å². The molecule has 0 radical (unpaired) electrons. The lowest BCUT2D eigenvalue weighted by Gasteiger charge is -2.11. The molecule has 0 bridgehead atoms. The molecule has 2 N–H and O–H groups in total. The smallest absolute Gasteiger partial charge is 0.317 e. The van der Waals surface area contributed by atoms with E-state index in [9.17, 15) is 9.59 Å². The van der Waals surface area contributed by atoms with E-state index in [4.69, 9.17) is 0 Å². The minimum absolute atomic E-state index is 0.174. The molecule has 1 aromatic heterocycles. The molecule has 17 heavy (non-hydrogen) atoms. The molecule has 0 aliphatic heterocycles. The molecular formula is C11H16N4O2. The van der Waals surface area contributed by atoms with Crippen LogP contribution in [0.3, 0.4) is 0 Å². The zero-order valence-corrected chi connectivity index (χ0v) is 10.2. The van der Waals surface area contributed by atoms with Crippen molar-refractivity contribution >= 4 is 11.9 Å². The summed E-state index contributed by atoms with van der Waals surface area (Å²) in [5.41, 5.74) is 1.16. The normalized spacial score (nSPS) is 9.59. The Bertz CT molecular complexity index is 418. The van der Waals surface area contributed by atoms with Gasteiger partial charge in [-0.15, -0.1) is 0 Å². The number of carbonyl (C=O) groups is 2. The Morgan fingerprint density at radius 1 is 1.41 bits per heavy atom. The number of hydrogen-bond donors (Lipinski definition) is 2. The minimum atomic E-state index is -0.197. The summed E-state index contributed by atoms with van der Waals surface area (Å²) in [6.07, 6.45) is 1.54. The topological polar surface area (TPSA) is 74.3 Å². The Hall–Kier alpha value is -2.11. The van der Waals surface area contributed by atoms with Gasteiger partial charge < -0.3 is 15.5 Å². The third kappa shape index (κ3) is 3.75. The largest absolute Gasteiger partial charge is 0.355 e. The van der Waals surface area contributed by atoms with Crippen LogP contribution in [0.4, 0.5) is 4.79 Å². The van der Waals surface area contributed by atoms with Crippen LogP contribution in [0.1, 0.15) is 16.1 Å². The Balaban J connectivity index is 2.66. The molecule has 0 saturated carbocycles. The Morgan fingerprint density at radius 3 is 2.71 bits per heavy atom. The summed E-state index contributed by atoms with van der Waals surface area (Å²) < 4.78 is 0. The van der Waals surface area contributed by atoms with Crippen LogP contribution in [-0.2, 0) is 6.54 Å². The van der Waals surface area contributed by atoms with Crippen LogP contribution in [0.5, 0.6) is 0 Å². The fourth-order valence-electron chi connectivity index (χ4n) is 1.18. The van der Waals surface area contributed by atoms with Gasteiger partial charge in [-0.1, -0.05) is 0 Å². The number of aromatic nitrogens is 1. The number of rotatable bonds is 3. The highest BCUT2D eigenvalue weighted by atomic mass is 16.2. The standard InChI is InChI=1S/C11H16N4O2/c1-12-10(16)8-4-5-13-9(6-8)7-14-11(17)15(2)3/h4-6H,7H2,1-3H3,(H,12,16)(H,14,17). The molecule has 0 saturated heterocycles. The molecule has 1 rings (SSSR count). The molecule has 6 heteroatoms. The molecule has 0 spiro atoms. The van der Waals surface area contributed by atoms with Gasteiger partial charge in [0.15, 0.2) is 0 Å². The zero-order valence-electron chi connectivity index (χ0n) is 10.2. The van der Waals surface area contributed by atoms with Crippen molar-refractivity contribution in [2.75, 3.05) is 21.1 Å². The van der Waals surface area contributed by atoms with Crippen molar-refractivity contribution in [3.8, 4) is 0 Å². The summed E-state index contributed by atoms with van der Waals surface area (Å²) in [6.45, 7) is 0.293. The summed E-state index contributed by atoms with van der Waals surface area (Å²) in [4.78, 5) is 28.2. The van der Waals surface area contributed by atoms with Gasteiger partial charge in [0.2, 0.25) is 0 Å². The van der Waals surface area contributed by atoms with Crippen LogP contribution in [-0.4, -0.2) is 43.0 Å². The van der Waals surface area contributed by atoms with E-state index in [-0.39, 0.29) is 11.9 Å². The number of urea groups is 1. The van der Waals surface area contributed by atoms with E-state index in [2.05, 4.69) is 15.6 Å². The lowest BCUT2D eigenvalue weighted by molar-refractivity contribution is 0.0963. The number of amides is 3. The molecule has 3 amide bonds. The summed E-state index contributed by atoms with van der Waals surface area (Å²) in [7, 11) is 4.88. The Labute approximate surface area is 100 Å². The molecule has 1 aromatic rings. The summed E-state index contributed by atoms with van der Waals surface area (Å²) in [5, 5.41) is 5.20. The van der Waals surface area contributed by atoms with Gasteiger partial charge in [0.1, 0.15) is 0 Å². The second-order valence-electron chi connectivity index (χ2n) is 3.67. The number of pyridine rings is 1. The molecule has 0 unspecified atom stereocenters. The van der Waals surface area contributed by atoms with Gasteiger partial charge in [0, 0.05) is 32.9 Å². The van der Waals surface area contributed by atoms with Crippen LogP contribution in [0.25, 0.3) is 0 Å². The second-order valence-corrected chi connectivity index (χ2v) is 3.67.